The molecule has 0 bridgehead atoms. The molecule has 1 nitrogen and oxygen atoms in total. The summed E-state index contributed by atoms with van der Waals surface area (Å²) in [7, 11) is 0. The summed E-state index contributed by atoms with van der Waals surface area (Å²) in [5.74, 6) is -1.44. The molecule has 1 unspecified atom stereocenters. The molecule has 0 amide bonds. The van der Waals surface area contributed by atoms with E-state index in [-0.39, 0.29) is 5.56 Å². The lowest BCUT2D eigenvalue weighted by molar-refractivity contribution is -0.274. The van der Waals surface area contributed by atoms with Crippen LogP contribution in [0.25, 0.3) is 0 Å². The predicted molar refractivity (Wildman–Crippen MR) is 51.7 cm³/mol. The van der Waals surface area contributed by atoms with Crippen molar-refractivity contribution in [3.63, 3.8) is 0 Å². The highest BCUT2D eigenvalue weighted by Gasteiger charge is 2.32. The first kappa shape index (κ1) is 12.5. The Morgan fingerprint density at radius 1 is 1.38 bits per heavy atom. The molecule has 88 valence electrons. The van der Waals surface area contributed by atoms with Gasteiger partial charge in [0.2, 0.25) is 0 Å². The van der Waals surface area contributed by atoms with Crippen LogP contribution in [-0.4, -0.2) is 6.36 Å². The Balaban J connectivity index is 3.12. The topological polar surface area (TPSA) is 9.23 Å². The molecule has 0 aromatic heterocycles. The number of allylic oxidation sites excluding steroid dienone is 1. The number of alkyl halides is 3. The summed E-state index contributed by atoms with van der Waals surface area (Å²) >= 11 is 0. The van der Waals surface area contributed by atoms with Crippen LogP contribution in [0.5, 0.6) is 5.75 Å². The number of benzene rings is 1. The van der Waals surface area contributed by atoms with Gasteiger partial charge < -0.3 is 4.74 Å². The van der Waals surface area contributed by atoms with Gasteiger partial charge in [0, 0.05) is 11.5 Å². The van der Waals surface area contributed by atoms with Crippen LogP contribution in [0, 0.1) is 5.82 Å². The molecule has 0 saturated carbocycles. The van der Waals surface area contributed by atoms with Crippen molar-refractivity contribution in [1.29, 1.82) is 0 Å². The van der Waals surface area contributed by atoms with Gasteiger partial charge in [-0.3, -0.25) is 0 Å². The van der Waals surface area contributed by atoms with Crippen molar-refractivity contribution in [2.45, 2.75) is 19.2 Å². The van der Waals surface area contributed by atoms with Gasteiger partial charge in [-0.05, 0) is 18.2 Å². The zero-order chi connectivity index (χ0) is 12.3. The quantitative estimate of drug-likeness (QED) is 0.567. The second-order valence-electron chi connectivity index (χ2n) is 3.25. The van der Waals surface area contributed by atoms with E-state index in [4.69, 9.17) is 0 Å². The molecule has 0 fully saturated rings. The summed E-state index contributed by atoms with van der Waals surface area (Å²) in [5, 5.41) is 0. The molecule has 0 saturated heterocycles. The molecule has 1 atom stereocenters. The van der Waals surface area contributed by atoms with E-state index in [1.165, 1.54) is 6.08 Å². The van der Waals surface area contributed by atoms with Crippen molar-refractivity contribution in [2.24, 2.45) is 0 Å². The van der Waals surface area contributed by atoms with Gasteiger partial charge in [0.05, 0.1) is 0 Å². The molecular weight excluding hydrogens is 224 g/mol. The van der Waals surface area contributed by atoms with E-state index in [1.807, 2.05) is 0 Å². The number of rotatable bonds is 3. The van der Waals surface area contributed by atoms with Crippen LogP contribution in [0.4, 0.5) is 17.6 Å². The van der Waals surface area contributed by atoms with Crippen molar-refractivity contribution in [1.82, 2.24) is 0 Å². The van der Waals surface area contributed by atoms with Crippen LogP contribution in [0.1, 0.15) is 18.4 Å². The zero-order valence-corrected chi connectivity index (χ0v) is 8.51. The van der Waals surface area contributed by atoms with Crippen molar-refractivity contribution in [2.75, 3.05) is 0 Å². The molecule has 16 heavy (non-hydrogen) atoms. The lowest BCUT2D eigenvalue weighted by Crippen LogP contribution is -2.18. The molecule has 0 spiro atoms. The molecule has 0 aliphatic carbocycles. The highest BCUT2D eigenvalue weighted by molar-refractivity contribution is 5.38. The Morgan fingerprint density at radius 2 is 2.00 bits per heavy atom. The van der Waals surface area contributed by atoms with Crippen molar-refractivity contribution < 1.29 is 22.3 Å². The van der Waals surface area contributed by atoms with E-state index in [2.05, 4.69) is 11.3 Å². The fourth-order valence-electron chi connectivity index (χ4n) is 1.22. The average Bonchev–Trinajstić information content (AvgIpc) is 2.17. The second kappa shape index (κ2) is 4.55. The molecule has 0 heterocycles. The number of ether oxygens (including phenoxy) is 1. The Kier molecular flexibility index (Phi) is 3.57. The lowest BCUT2D eigenvalue weighted by Gasteiger charge is -2.15. The van der Waals surface area contributed by atoms with Crippen molar-refractivity contribution in [3.8, 4) is 5.75 Å². The first-order valence-corrected chi connectivity index (χ1v) is 4.51. The molecule has 5 heteroatoms. The Bertz CT molecular complexity index is 384. The van der Waals surface area contributed by atoms with Gasteiger partial charge in [-0.2, -0.15) is 0 Å². The van der Waals surface area contributed by atoms with Gasteiger partial charge in [0.25, 0.3) is 0 Å². The van der Waals surface area contributed by atoms with Gasteiger partial charge >= 0.3 is 6.36 Å². The molecular formula is C11H10F4O. The van der Waals surface area contributed by atoms with E-state index in [1.54, 1.807) is 6.92 Å². The number of halogens is 4. The van der Waals surface area contributed by atoms with E-state index in [0.29, 0.717) is 0 Å². The Labute approximate surface area is 90.3 Å². The predicted octanol–water partition coefficient (Wildman–Crippen LogP) is 4.01. The fraction of sp³-hybridized carbons (Fsp3) is 0.273. The molecule has 1 aromatic rings. The van der Waals surface area contributed by atoms with Gasteiger partial charge in [-0.1, -0.05) is 13.0 Å². The molecule has 0 aliphatic rings. The van der Waals surface area contributed by atoms with Crippen LogP contribution in [0.2, 0.25) is 0 Å². The van der Waals surface area contributed by atoms with E-state index in [9.17, 15) is 17.6 Å². The summed E-state index contributed by atoms with van der Waals surface area (Å²) < 4.78 is 52.8. The lowest BCUT2D eigenvalue weighted by atomic mass is 10.0. The smallest absolute Gasteiger partial charge is 0.405 e. The summed E-state index contributed by atoms with van der Waals surface area (Å²) in [6.45, 7) is 5.05. The summed E-state index contributed by atoms with van der Waals surface area (Å²) in [6.07, 6.45) is -3.37. The largest absolute Gasteiger partial charge is 0.573 e. The van der Waals surface area contributed by atoms with Gasteiger partial charge in [0.1, 0.15) is 11.6 Å². The van der Waals surface area contributed by atoms with Crippen LogP contribution >= 0.6 is 0 Å². The maximum Gasteiger partial charge on any atom is 0.573 e. The molecule has 0 aliphatic heterocycles. The third-order valence-electron chi connectivity index (χ3n) is 2.04. The van der Waals surface area contributed by atoms with Gasteiger partial charge in [0.15, 0.2) is 0 Å². The van der Waals surface area contributed by atoms with Crippen LogP contribution in [0.3, 0.4) is 0 Å². The summed E-state index contributed by atoms with van der Waals surface area (Å²) in [5.41, 5.74) is 0.118. The number of hydrogen-bond acceptors (Lipinski definition) is 1. The SMILES string of the molecule is C=CC(C)c1cc(F)ccc1OC(F)(F)F. The minimum atomic E-state index is -4.78. The summed E-state index contributed by atoms with van der Waals surface area (Å²) in [4.78, 5) is 0. The highest BCUT2D eigenvalue weighted by atomic mass is 19.4. The van der Waals surface area contributed by atoms with E-state index < -0.39 is 23.8 Å². The zero-order valence-electron chi connectivity index (χ0n) is 8.51. The maximum atomic E-state index is 12.9. The van der Waals surface area contributed by atoms with Gasteiger partial charge in [-0.25, -0.2) is 4.39 Å². The first-order chi connectivity index (χ1) is 7.33. The highest BCUT2D eigenvalue weighted by Crippen LogP contribution is 2.32. The minimum absolute atomic E-state index is 0.118. The van der Waals surface area contributed by atoms with Crippen LogP contribution in [-0.2, 0) is 0 Å². The normalized spacial score (nSPS) is 13.3. The minimum Gasteiger partial charge on any atom is -0.405 e. The third kappa shape index (κ3) is 3.25. The van der Waals surface area contributed by atoms with Crippen molar-refractivity contribution in [3.05, 3.63) is 42.2 Å². The molecule has 0 N–H and O–H groups in total. The average molecular weight is 234 g/mol. The van der Waals surface area contributed by atoms with Crippen molar-refractivity contribution >= 4 is 0 Å². The molecule has 0 radical (unpaired) electrons. The molecule has 1 aromatic carbocycles. The monoisotopic (exact) mass is 234 g/mol. The maximum absolute atomic E-state index is 12.9. The van der Waals surface area contributed by atoms with E-state index >= 15 is 0 Å². The first-order valence-electron chi connectivity index (χ1n) is 4.51. The molecule has 1 rings (SSSR count). The van der Waals surface area contributed by atoms with E-state index in [0.717, 1.165) is 18.2 Å². The Hall–Kier alpha value is -1.52. The van der Waals surface area contributed by atoms with Crippen LogP contribution in [0.15, 0.2) is 30.9 Å². The summed E-state index contributed by atoms with van der Waals surface area (Å²) in [6, 6.07) is 2.88. The third-order valence-corrected chi connectivity index (χ3v) is 2.04. The van der Waals surface area contributed by atoms with Crippen LogP contribution < -0.4 is 4.74 Å². The second-order valence-corrected chi connectivity index (χ2v) is 3.25. The standard InChI is InChI=1S/C11H10F4O/c1-3-7(2)9-6-8(12)4-5-10(9)16-11(13,14)15/h3-7H,1H2,2H3. The Morgan fingerprint density at radius 3 is 2.50 bits per heavy atom. The van der Waals surface area contributed by atoms with Gasteiger partial charge in [-0.15, -0.1) is 19.8 Å². The fourth-order valence-corrected chi connectivity index (χ4v) is 1.22. The number of hydrogen-bond donors (Lipinski definition) is 0.